The fourth-order valence-corrected chi connectivity index (χ4v) is 3.54. The number of aryl methyl sites for hydroxylation is 2. The van der Waals surface area contributed by atoms with Gasteiger partial charge in [-0.1, -0.05) is 11.6 Å². The quantitative estimate of drug-likeness (QED) is 0.907. The fourth-order valence-electron chi connectivity index (χ4n) is 3.26. The van der Waals surface area contributed by atoms with Crippen molar-refractivity contribution in [2.45, 2.75) is 39.7 Å². The van der Waals surface area contributed by atoms with Gasteiger partial charge < -0.3 is 10.2 Å². The van der Waals surface area contributed by atoms with Crippen LogP contribution in [-0.4, -0.2) is 34.9 Å². The first-order valence-corrected chi connectivity index (χ1v) is 8.41. The summed E-state index contributed by atoms with van der Waals surface area (Å²) in [6, 6.07) is 6.37. The Balaban J connectivity index is 1.87. The number of carbonyl (C=O) groups excluding carboxylic acids is 1. The van der Waals surface area contributed by atoms with Crippen LogP contribution in [-0.2, 0) is 4.79 Å². The van der Waals surface area contributed by atoms with Gasteiger partial charge in [-0.2, -0.15) is 0 Å². The Labute approximate surface area is 141 Å². The number of nitrogens with one attached hydrogen (secondary N) is 1. The predicted octanol–water partition coefficient (Wildman–Crippen LogP) is 3.93. The van der Waals surface area contributed by atoms with Crippen molar-refractivity contribution in [1.29, 1.82) is 0 Å². The Hall–Kier alpha value is -1.81. The van der Waals surface area contributed by atoms with E-state index in [1.807, 2.05) is 30.9 Å². The topological polar surface area (TPSA) is 45.2 Å². The second-order valence-electron chi connectivity index (χ2n) is 6.35. The monoisotopic (exact) mass is 331 g/mol. The highest BCUT2D eigenvalue weighted by Crippen LogP contribution is 2.30. The van der Waals surface area contributed by atoms with Crippen molar-refractivity contribution in [2.75, 3.05) is 18.4 Å². The molecule has 4 nitrogen and oxygen atoms in total. The summed E-state index contributed by atoms with van der Waals surface area (Å²) in [7, 11) is 0. The van der Waals surface area contributed by atoms with Gasteiger partial charge in [-0.15, -0.1) is 0 Å². The molecular weight excluding hydrogens is 310 g/mol. The largest absolute Gasteiger partial charge is 0.382 e. The highest BCUT2D eigenvalue weighted by atomic mass is 35.5. The van der Waals surface area contributed by atoms with Gasteiger partial charge in [0.15, 0.2) is 0 Å². The number of fused-ring (bicyclic) bond motifs is 1. The number of rotatable bonds is 2. The van der Waals surface area contributed by atoms with Gasteiger partial charge in [0.2, 0.25) is 5.91 Å². The molecule has 2 aromatic rings. The molecule has 0 saturated carbocycles. The summed E-state index contributed by atoms with van der Waals surface area (Å²) < 4.78 is 0. The Morgan fingerprint density at radius 3 is 2.61 bits per heavy atom. The highest BCUT2D eigenvalue weighted by molar-refractivity contribution is 6.31. The van der Waals surface area contributed by atoms with Crippen molar-refractivity contribution in [3.8, 4) is 0 Å². The van der Waals surface area contributed by atoms with Crippen molar-refractivity contribution < 1.29 is 4.79 Å². The van der Waals surface area contributed by atoms with Crippen LogP contribution < -0.4 is 5.32 Å². The van der Waals surface area contributed by atoms with Crippen molar-refractivity contribution in [3.63, 3.8) is 0 Å². The lowest BCUT2D eigenvalue weighted by molar-refractivity contribution is -0.129. The number of aromatic nitrogens is 1. The number of piperidine rings is 1. The molecule has 1 N–H and O–H groups in total. The lowest BCUT2D eigenvalue weighted by Gasteiger charge is -2.32. The van der Waals surface area contributed by atoms with Crippen LogP contribution in [0.1, 0.15) is 31.0 Å². The van der Waals surface area contributed by atoms with E-state index in [1.165, 1.54) is 0 Å². The number of amides is 1. The van der Waals surface area contributed by atoms with Crippen LogP contribution in [0.2, 0.25) is 5.02 Å². The van der Waals surface area contributed by atoms with Crippen molar-refractivity contribution in [2.24, 2.45) is 0 Å². The summed E-state index contributed by atoms with van der Waals surface area (Å²) >= 11 is 6.23. The Morgan fingerprint density at radius 2 is 1.96 bits per heavy atom. The molecule has 0 aliphatic carbocycles. The maximum Gasteiger partial charge on any atom is 0.219 e. The smallest absolute Gasteiger partial charge is 0.219 e. The van der Waals surface area contributed by atoms with E-state index in [0.717, 1.165) is 58.8 Å². The maximum absolute atomic E-state index is 11.4. The van der Waals surface area contributed by atoms with Crippen LogP contribution >= 0.6 is 11.6 Å². The average molecular weight is 332 g/mol. The van der Waals surface area contributed by atoms with Gasteiger partial charge in [-0.25, -0.2) is 0 Å². The molecule has 1 fully saturated rings. The van der Waals surface area contributed by atoms with Crippen LogP contribution in [0.4, 0.5) is 5.69 Å². The molecule has 3 rings (SSSR count). The molecule has 0 radical (unpaired) electrons. The lowest BCUT2D eigenvalue weighted by Crippen LogP contribution is -2.41. The number of pyridine rings is 1. The standard InChI is InChI=1S/C18H22ClN3O/c1-11-8-14(19)10-16-17(9-12(2)20-18(11)16)21-15-4-6-22(7-5-15)13(3)23/h8-10,15H,4-7H2,1-3H3,(H,20,21). The highest BCUT2D eigenvalue weighted by Gasteiger charge is 2.21. The molecule has 1 aliphatic heterocycles. The van der Waals surface area contributed by atoms with Gasteiger partial charge in [-0.3, -0.25) is 9.78 Å². The summed E-state index contributed by atoms with van der Waals surface area (Å²) in [6.45, 7) is 7.31. The number of benzene rings is 1. The van der Waals surface area contributed by atoms with E-state index in [9.17, 15) is 4.79 Å². The van der Waals surface area contributed by atoms with Crippen molar-refractivity contribution >= 4 is 34.1 Å². The number of hydrogen-bond acceptors (Lipinski definition) is 3. The van der Waals surface area contributed by atoms with Crippen molar-refractivity contribution in [3.05, 3.63) is 34.5 Å². The molecule has 0 atom stereocenters. The molecule has 23 heavy (non-hydrogen) atoms. The second kappa shape index (κ2) is 6.36. The SMILES string of the molecule is CC(=O)N1CCC(Nc2cc(C)nc3c(C)cc(Cl)cc23)CC1. The Kier molecular flexibility index (Phi) is 4.44. The number of anilines is 1. The van der Waals surface area contributed by atoms with E-state index in [1.54, 1.807) is 6.92 Å². The molecule has 5 heteroatoms. The molecule has 0 spiro atoms. The van der Waals surface area contributed by atoms with Crippen LogP contribution in [0, 0.1) is 13.8 Å². The van der Waals surface area contributed by atoms with E-state index >= 15 is 0 Å². The zero-order chi connectivity index (χ0) is 16.6. The van der Waals surface area contributed by atoms with Crippen LogP contribution in [0.3, 0.4) is 0 Å². The summed E-state index contributed by atoms with van der Waals surface area (Å²) in [6.07, 6.45) is 1.92. The molecule has 1 aromatic carbocycles. The molecule has 1 aliphatic rings. The van der Waals surface area contributed by atoms with Crippen LogP contribution in [0.15, 0.2) is 18.2 Å². The first-order valence-electron chi connectivity index (χ1n) is 8.03. The third-order valence-corrected chi connectivity index (χ3v) is 4.71. The average Bonchev–Trinajstić information content (AvgIpc) is 2.49. The fraction of sp³-hybridized carbons (Fsp3) is 0.444. The van der Waals surface area contributed by atoms with E-state index < -0.39 is 0 Å². The summed E-state index contributed by atoms with van der Waals surface area (Å²) in [4.78, 5) is 18.0. The van der Waals surface area contributed by atoms with Gasteiger partial charge in [0.05, 0.1) is 5.52 Å². The van der Waals surface area contributed by atoms with Gasteiger partial charge in [0, 0.05) is 47.8 Å². The summed E-state index contributed by atoms with van der Waals surface area (Å²) in [5, 5.41) is 5.44. The maximum atomic E-state index is 11.4. The zero-order valence-electron chi connectivity index (χ0n) is 13.8. The number of halogens is 1. The number of carbonyl (C=O) groups is 1. The molecule has 0 unspecified atom stereocenters. The Morgan fingerprint density at radius 1 is 1.26 bits per heavy atom. The minimum atomic E-state index is 0.163. The van der Waals surface area contributed by atoms with Crippen LogP contribution in [0.5, 0.6) is 0 Å². The predicted molar refractivity (Wildman–Crippen MR) is 95.1 cm³/mol. The minimum absolute atomic E-state index is 0.163. The molecule has 1 saturated heterocycles. The third kappa shape index (κ3) is 3.42. The number of hydrogen-bond donors (Lipinski definition) is 1. The van der Waals surface area contributed by atoms with E-state index in [4.69, 9.17) is 11.6 Å². The molecule has 122 valence electrons. The third-order valence-electron chi connectivity index (χ3n) is 4.50. The normalized spacial score (nSPS) is 15.9. The zero-order valence-corrected chi connectivity index (χ0v) is 14.6. The minimum Gasteiger partial charge on any atom is -0.382 e. The molecular formula is C18H22ClN3O. The van der Waals surface area contributed by atoms with Crippen LogP contribution in [0.25, 0.3) is 10.9 Å². The van der Waals surface area contributed by atoms with Crippen molar-refractivity contribution in [1.82, 2.24) is 9.88 Å². The molecule has 0 bridgehead atoms. The van der Waals surface area contributed by atoms with Gasteiger partial charge in [-0.05, 0) is 50.5 Å². The first kappa shape index (κ1) is 16.1. The Bertz CT molecular complexity index is 752. The lowest BCUT2D eigenvalue weighted by atomic mass is 10.0. The number of likely N-dealkylation sites (tertiary alicyclic amines) is 1. The number of nitrogens with zero attached hydrogens (tertiary/aromatic N) is 2. The first-order chi connectivity index (χ1) is 10.9. The van der Waals surface area contributed by atoms with Gasteiger partial charge >= 0.3 is 0 Å². The van der Waals surface area contributed by atoms with Gasteiger partial charge in [0.1, 0.15) is 0 Å². The second-order valence-corrected chi connectivity index (χ2v) is 6.79. The molecule has 1 aromatic heterocycles. The van der Waals surface area contributed by atoms with Gasteiger partial charge in [0.25, 0.3) is 0 Å². The van der Waals surface area contributed by atoms with E-state index in [0.29, 0.717) is 6.04 Å². The van der Waals surface area contributed by atoms with E-state index in [-0.39, 0.29) is 5.91 Å². The molecule has 1 amide bonds. The summed E-state index contributed by atoms with van der Waals surface area (Å²) in [5.41, 5.74) is 4.16. The summed E-state index contributed by atoms with van der Waals surface area (Å²) in [5.74, 6) is 0.163. The molecule has 2 heterocycles. The van der Waals surface area contributed by atoms with E-state index in [2.05, 4.69) is 16.4 Å².